The molecule has 3 atom stereocenters. The second-order valence-electron chi connectivity index (χ2n) is 5.47. The molecule has 0 aliphatic carbocycles. The lowest BCUT2D eigenvalue weighted by atomic mass is 9.88. The van der Waals surface area contributed by atoms with E-state index in [0.29, 0.717) is 13.0 Å². The molecule has 3 unspecified atom stereocenters. The predicted molar refractivity (Wildman–Crippen MR) is 83.5 cm³/mol. The molecular weight excluding hydrogens is 262 g/mol. The molecular formula is C18H23NO2. The highest BCUT2D eigenvalue weighted by molar-refractivity contribution is 5.80. The Labute approximate surface area is 127 Å². The molecule has 0 radical (unpaired) electrons. The van der Waals surface area contributed by atoms with Crippen LogP contribution in [0.4, 0.5) is 0 Å². The Hall–Kier alpha value is -1.79. The van der Waals surface area contributed by atoms with E-state index in [-0.39, 0.29) is 24.0 Å². The highest BCUT2D eigenvalue weighted by Gasteiger charge is 2.33. The van der Waals surface area contributed by atoms with Gasteiger partial charge in [-0.3, -0.25) is 4.79 Å². The van der Waals surface area contributed by atoms with E-state index in [2.05, 4.69) is 11.2 Å². The van der Waals surface area contributed by atoms with Crippen molar-refractivity contribution in [2.45, 2.75) is 44.8 Å². The van der Waals surface area contributed by atoms with E-state index < -0.39 is 0 Å². The van der Waals surface area contributed by atoms with Gasteiger partial charge in [-0.05, 0) is 24.8 Å². The molecule has 1 aliphatic rings. The molecule has 3 heteroatoms. The van der Waals surface area contributed by atoms with E-state index in [1.165, 1.54) is 0 Å². The largest absolute Gasteiger partial charge is 0.373 e. The van der Waals surface area contributed by atoms with E-state index >= 15 is 0 Å². The topological polar surface area (TPSA) is 38.3 Å². The summed E-state index contributed by atoms with van der Waals surface area (Å²) in [6.45, 7) is 2.75. The molecule has 1 heterocycles. The van der Waals surface area contributed by atoms with Gasteiger partial charge in [-0.25, -0.2) is 0 Å². The summed E-state index contributed by atoms with van der Waals surface area (Å²) in [6, 6.07) is 10.0. The summed E-state index contributed by atoms with van der Waals surface area (Å²) in [6.07, 6.45) is 8.41. The van der Waals surface area contributed by atoms with Gasteiger partial charge < -0.3 is 10.1 Å². The summed E-state index contributed by atoms with van der Waals surface area (Å²) in [7, 11) is 0. The van der Waals surface area contributed by atoms with Gasteiger partial charge in [-0.1, -0.05) is 37.3 Å². The van der Waals surface area contributed by atoms with Crippen molar-refractivity contribution in [3.8, 4) is 12.3 Å². The second kappa shape index (κ2) is 7.85. The Morgan fingerprint density at radius 2 is 2.24 bits per heavy atom. The van der Waals surface area contributed by atoms with Crippen LogP contribution in [-0.4, -0.2) is 18.6 Å². The van der Waals surface area contributed by atoms with Gasteiger partial charge in [0.05, 0.1) is 12.0 Å². The second-order valence-corrected chi connectivity index (χ2v) is 5.47. The molecule has 1 fully saturated rings. The van der Waals surface area contributed by atoms with Crippen LogP contribution in [0.25, 0.3) is 0 Å². The van der Waals surface area contributed by atoms with Crippen LogP contribution in [0, 0.1) is 18.3 Å². The molecule has 1 amide bonds. The van der Waals surface area contributed by atoms with Crippen LogP contribution in [0.1, 0.15) is 44.3 Å². The molecule has 1 saturated heterocycles. The van der Waals surface area contributed by atoms with Gasteiger partial charge in [0, 0.05) is 19.1 Å². The maximum Gasteiger partial charge on any atom is 0.226 e. The Morgan fingerprint density at radius 3 is 2.90 bits per heavy atom. The molecule has 1 aliphatic heterocycles. The smallest absolute Gasteiger partial charge is 0.226 e. The number of rotatable bonds is 5. The van der Waals surface area contributed by atoms with Gasteiger partial charge in [-0.15, -0.1) is 12.3 Å². The first kappa shape index (κ1) is 15.6. The number of nitrogens with one attached hydrogen (secondary N) is 1. The first-order valence-corrected chi connectivity index (χ1v) is 7.66. The van der Waals surface area contributed by atoms with Crippen molar-refractivity contribution in [3.05, 3.63) is 35.9 Å². The number of carbonyl (C=O) groups excluding carboxylic acids is 1. The van der Waals surface area contributed by atoms with Crippen molar-refractivity contribution < 1.29 is 9.53 Å². The van der Waals surface area contributed by atoms with Crippen molar-refractivity contribution in [1.29, 1.82) is 0 Å². The monoisotopic (exact) mass is 285 g/mol. The summed E-state index contributed by atoms with van der Waals surface area (Å²) in [5, 5.41) is 3.08. The SMILES string of the molecule is C#CCC(CC)NC(=O)C1CCCOC1c1ccccc1. The van der Waals surface area contributed by atoms with Gasteiger partial charge in [0.1, 0.15) is 0 Å². The van der Waals surface area contributed by atoms with Crippen LogP contribution in [0.2, 0.25) is 0 Å². The third-order valence-electron chi connectivity index (χ3n) is 3.99. The van der Waals surface area contributed by atoms with E-state index in [4.69, 9.17) is 11.2 Å². The van der Waals surface area contributed by atoms with Gasteiger partial charge in [0.2, 0.25) is 5.91 Å². The zero-order chi connectivity index (χ0) is 15.1. The summed E-state index contributed by atoms with van der Waals surface area (Å²) in [4.78, 5) is 12.6. The minimum atomic E-state index is -0.150. The summed E-state index contributed by atoms with van der Waals surface area (Å²) in [5.41, 5.74) is 1.07. The van der Waals surface area contributed by atoms with Gasteiger partial charge in [0.25, 0.3) is 0 Å². The minimum absolute atomic E-state index is 0.0563. The van der Waals surface area contributed by atoms with Crippen molar-refractivity contribution in [3.63, 3.8) is 0 Å². The van der Waals surface area contributed by atoms with Crippen LogP contribution in [0.3, 0.4) is 0 Å². The molecule has 1 aromatic carbocycles. The van der Waals surface area contributed by atoms with Gasteiger partial charge in [-0.2, -0.15) is 0 Å². The van der Waals surface area contributed by atoms with Crippen LogP contribution in [0.5, 0.6) is 0 Å². The third kappa shape index (κ3) is 4.09. The first-order valence-electron chi connectivity index (χ1n) is 7.66. The molecule has 1 N–H and O–H groups in total. The molecule has 112 valence electrons. The summed E-state index contributed by atoms with van der Waals surface area (Å²) in [5.74, 6) is 2.55. The number of amides is 1. The number of hydrogen-bond acceptors (Lipinski definition) is 2. The number of benzene rings is 1. The lowest BCUT2D eigenvalue weighted by Gasteiger charge is -2.32. The third-order valence-corrected chi connectivity index (χ3v) is 3.99. The molecule has 0 aromatic heterocycles. The zero-order valence-electron chi connectivity index (χ0n) is 12.5. The van der Waals surface area contributed by atoms with Crippen LogP contribution in [-0.2, 0) is 9.53 Å². The number of ether oxygens (including phenoxy) is 1. The highest BCUT2D eigenvalue weighted by Crippen LogP contribution is 2.33. The van der Waals surface area contributed by atoms with E-state index in [9.17, 15) is 4.79 Å². The fourth-order valence-electron chi connectivity index (χ4n) is 2.77. The van der Waals surface area contributed by atoms with Crippen LogP contribution >= 0.6 is 0 Å². The standard InChI is InChI=1S/C18H23NO2/c1-3-9-15(4-2)19-18(20)16-12-8-13-21-17(16)14-10-6-5-7-11-14/h1,5-7,10-11,15-17H,4,8-9,12-13H2,2H3,(H,19,20). The molecule has 2 rings (SSSR count). The van der Waals surface area contributed by atoms with E-state index in [0.717, 1.165) is 24.8 Å². The minimum Gasteiger partial charge on any atom is -0.373 e. The van der Waals surface area contributed by atoms with Gasteiger partial charge in [0.15, 0.2) is 0 Å². The van der Waals surface area contributed by atoms with Gasteiger partial charge >= 0.3 is 0 Å². The van der Waals surface area contributed by atoms with E-state index in [1.54, 1.807) is 0 Å². The highest BCUT2D eigenvalue weighted by atomic mass is 16.5. The Morgan fingerprint density at radius 1 is 1.48 bits per heavy atom. The maximum absolute atomic E-state index is 12.6. The maximum atomic E-state index is 12.6. The fraction of sp³-hybridized carbons (Fsp3) is 0.500. The molecule has 21 heavy (non-hydrogen) atoms. The zero-order valence-corrected chi connectivity index (χ0v) is 12.5. The van der Waals surface area contributed by atoms with Crippen molar-refractivity contribution in [2.24, 2.45) is 5.92 Å². The Bertz CT molecular complexity index is 492. The molecule has 0 saturated carbocycles. The van der Waals surface area contributed by atoms with Crippen LogP contribution < -0.4 is 5.32 Å². The lowest BCUT2D eigenvalue weighted by Crippen LogP contribution is -2.42. The molecule has 0 spiro atoms. The molecule has 3 nitrogen and oxygen atoms in total. The fourth-order valence-corrected chi connectivity index (χ4v) is 2.77. The Balaban J connectivity index is 2.08. The summed E-state index contributed by atoms with van der Waals surface area (Å²) >= 11 is 0. The van der Waals surface area contributed by atoms with Crippen molar-refractivity contribution >= 4 is 5.91 Å². The Kier molecular flexibility index (Phi) is 5.83. The average molecular weight is 285 g/mol. The quantitative estimate of drug-likeness (QED) is 0.844. The number of hydrogen-bond donors (Lipinski definition) is 1. The first-order chi connectivity index (χ1) is 10.3. The molecule has 1 aromatic rings. The average Bonchev–Trinajstić information content (AvgIpc) is 2.55. The van der Waals surface area contributed by atoms with Crippen LogP contribution in [0.15, 0.2) is 30.3 Å². The summed E-state index contributed by atoms with van der Waals surface area (Å²) < 4.78 is 5.87. The van der Waals surface area contributed by atoms with Crippen molar-refractivity contribution in [1.82, 2.24) is 5.32 Å². The van der Waals surface area contributed by atoms with Crippen molar-refractivity contribution in [2.75, 3.05) is 6.61 Å². The lowest BCUT2D eigenvalue weighted by molar-refractivity contribution is -0.135. The number of carbonyl (C=O) groups is 1. The normalized spacial score (nSPS) is 23.0. The van der Waals surface area contributed by atoms with E-state index in [1.807, 2.05) is 37.3 Å². The molecule has 0 bridgehead atoms. The number of terminal acetylenes is 1. The predicted octanol–water partition coefficient (Wildman–Crippen LogP) is 3.07.